The van der Waals surface area contributed by atoms with Crippen molar-refractivity contribution in [2.24, 2.45) is 9.98 Å². The van der Waals surface area contributed by atoms with Gasteiger partial charge in [-0.1, -0.05) is 91.8 Å². The van der Waals surface area contributed by atoms with Crippen molar-refractivity contribution >= 4 is 34.6 Å². The summed E-state index contributed by atoms with van der Waals surface area (Å²) in [5, 5.41) is 24.4. The molecule has 0 fully saturated rings. The Balaban J connectivity index is 1.84. The van der Waals surface area contributed by atoms with E-state index in [0.717, 1.165) is 34.7 Å². The van der Waals surface area contributed by atoms with Crippen molar-refractivity contribution in [3.05, 3.63) is 94.0 Å². The predicted molar refractivity (Wildman–Crippen MR) is 180 cm³/mol. The molecule has 0 spiro atoms. The first-order valence-corrected chi connectivity index (χ1v) is 15.4. The summed E-state index contributed by atoms with van der Waals surface area (Å²) in [6.07, 6.45) is 5.56. The number of hydrogen-bond donors (Lipinski definition) is 2. The average Bonchev–Trinajstić information content (AvgIpc) is 2.98. The zero-order valence-corrected chi connectivity index (χ0v) is 26.4. The molecule has 0 heterocycles. The van der Waals surface area contributed by atoms with Crippen LogP contribution in [0.15, 0.2) is 70.6 Å². The third-order valence-corrected chi connectivity index (χ3v) is 8.52. The topological polar surface area (TPSA) is 65.2 Å². The Morgan fingerprint density at radius 1 is 0.595 bits per heavy atom. The first-order chi connectivity index (χ1) is 20.0. The number of aliphatic imine (C=N–C) groups is 2. The van der Waals surface area contributed by atoms with Crippen LogP contribution in [0, 0.1) is 0 Å². The molecule has 4 aromatic rings. The molecule has 0 radical (unpaired) electrons. The van der Waals surface area contributed by atoms with Crippen LogP contribution < -0.4 is 0 Å². The first kappa shape index (κ1) is 31.0. The van der Waals surface area contributed by atoms with E-state index >= 15 is 0 Å². The van der Waals surface area contributed by atoms with E-state index in [9.17, 15) is 10.2 Å². The SMILES string of the molecule is CCC(C)c1cc(C=Nc2cc3ccccc3cc2N=Cc2cc(C(C)CC)cc(C(C)C)c2O)c(O)c(C(C)C)c1. The molecule has 2 atom stereocenters. The molecule has 4 heteroatoms. The number of hydrogen-bond acceptors (Lipinski definition) is 4. The number of nitrogens with zero attached hydrogens (tertiary/aromatic N) is 2. The van der Waals surface area contributed by atoms with Gasteiger partial charge in [-0.15, -0.1) is 0 Å². The first-order valence-electron chi connectivity index (χ1n) is 15.4. The molecule has 220 valence electrons. The third kappa shape index (κ3) is 6.75. The van der Waals surface area contributed by atoms with Crippen molar-refractivity contribution in [3.8, 4) is 11.5 Å². The van der Waals surface area contributed by atoms with Crippen LogP contribution in [-0.4, -0.2) is 22.6 Å². The van der Waals surface area contributed by atoms with Gasteiger partial charge in [-0.3, -0.25) is 9.98 Å². The Kier molecular flexibility index (Phi) is 9.88. The third-order valence-electron chi connectivity index (χ3n) is 8.52. The highest BCUT2D eigenvalue weighted by molar-refractivity contribution is 5.96. The summed E-state index contributed by atoms with van der Waals surface area (Å²) in [7, 11) is 0. The van der Waals surface area contributed by atoms with E-state index in [4.69, 9.17) is 9.98 Å². The van der Waals surface area contributed by atoms with Gasteiger partial charge in [-0.25, -0.2) is 0 Å². The van der Waals surface area contributed by atoms with Gasteiger partial charge in [0.2, 0.25) is 0 Å². The molecule has 0 aromatic heterocycles. The quantitative estimate of drug-likeness (QED) is 0.189. The van der Waals surface area contributed by atoms with Gasteiger partial charge >= 0.3 is 0 Å². The highest BCUT2D eigenvalue weighted by Gasteiger charge is 2.16. The van der Waals surface area contributed by atoms with E-state index in [1.165, 1.54) is 11.1 Å². The summed E-state index contributed by atoms with van der Waals surface area (Å²) < 4.78 is 0. The summed E-state index contributed by atoms with van der Waals surface area (Å²) in [6, 6.07) is 20.6. The average molecular weight is 563 g/mol. The molecular formula is C38H46N2O2. The van der Waals surface area contributed by atoms with Gasteiger partial charge in [-0.2, -0.15) is 0 Å². The minimum atomic E-state index is 0.191. The predicted octanol–water partition coefficient (Wildman–Crippen LogP) is 11.0. The summed E-state index contributed by atoms with van der Waals surface area (Å²) >= 11 is 0. The number of rotatable bonds is 10. The monoisotopic (exact) mass is 562 g/mol. The summed E-state index contributed by atoms with van der Waals surface area (Å²) in [5.74, 6) is 1.70. The molecule has 0 bridgehead atoms. The van der Waals surface area contributed by atoms with E-state index in [-0.39, 0.29) is 23.3 Å². The fourth-order valence-corrected chi connectivity index (χ4v) is 5.23. The molecule has 42 heavy (non-hydrogen) atoms. The summed E-state index contributed by atoms with van der Waals surface area (Å²) in [6.45, 7) is 17.2. The van der Waals surface area contributed by atoms with Crippen molar-refractivity contribution < 1.29 is 10.2 Å². The van der Waals surface area contributed by atoms with E-state index in [0.29, 0.717) is 34.3 Å². The number of benzene rings is 4. The lowest BCUT2D eigenvalue weighted by molar-refractivity contribution is 0.462. The molecule has 0 saturated heterocycles. The number of phenols is 2. The van der Waals surface area contributed by atoms with Gasteiger partial charge in [0.1, 0.15) is 11.5 Å². The van der Waals surface area contributed by atoms with Gasteiger partial charge in [0, 0.05) is 23.6 Å². The van der Waals surface area contributed by atoms with Crippen LogP contribution in [-0.2, 0) is 0 Å². The van der Waals surface area contributed by atoms with Crippen molar-refractivity contribution in [3.63, 3.8) is 0 Å². The molecule has 0 aliphatic heterocycles. The van der Waals surface area contributed by atoms with Crippen LogP contribution in [0.4, 0.5) is 11.4 Å². The van der Waals surface area contributed by atoms with Crippen LogP contribution in [0.2, 0.25) is 0 Å². The number of aromatic hydroxyl groups is 2. The van der Waals surface area contributed by atoms with Gasteiger partial charge in [-0.05, 0) is 93.8 Å². The highest BCUT2D eigenvalue weighted by Crippen LogP contribution is 2.37. The standard InChI is InChI=1S/C38H46N2O2/c1-9-25(7)29-15-31(37(41)33(17-29)23(3)4)21-39-35-19-27-13-11-12-14-28(27)20-36(35)40-22-32-16-30(26(8)10-2)18-34(24(5)6)38(32)42/h11-26,41-42H,9-10H2,1-8H3. The number of phenolic OH excluding ortho intramolecular Hbond substituents is 2. The molecule has 0 aliphatic rings. The molecule has 4 rings (SSSR count). The highest BCUT2D eigenvalue weighted by atomic mass is 16.3. The van der Waals surface area contributed by atoms with Crippen LogP contribution in [0.3, 0.4) is 0 Å². The second-order valence-corrected chi connectivity index (χ2v) is 12.2. The smallest absolute Gasteiger partial charge is 0.127 e. The van der Waals surface area contributed by atoms with Crippen molar-refractivity contribution in [2.75, 3.05) is 0 Å². The maximum absolute atomic E-state index is 11.2. The van der Waals surface area contributed by atoms with E-state index in [1.807, 2.05) is 24.3 Å². The maximum Gasteiger partial charge on any atom is 0.127 e. The lowest BCUT2D eigenvalue weighted by atomic mass is 9.90. The van der Waals surface area contributed by atoms with E-state index in [1.54, 1.807) is 12.4 Å². The zero-order chi connectivity index (χ0) is 30.6. The molecule has 2 unspecified atom stereocenters. The van der Waals surface area contributed by atoms with Crippen LogP contribution >= 0.6 is 0 Å². The Morgan fingerprint density at radius 3 is 1.31 bits per heavy atom. The zero-order valence-electron chi connectivity index (χ0n) is 26.4. The van der Waals surface area contributed by atoms with Crippen LogP contribution in [0.5, 0.6) is 11.5 Å². The lowest BCUT2D eigenvalue weighted by Gasteiger charge is -2.17. The molecule has 0 aliphatic carbocycles. The summed E-state index contributed by atoms with van der Waals surface area (Å²) in [5.41, 5.74) is 7.09. The molecule has 0 saturated carbocycles. The molecule has 0 amide bonds. The van der Waals surface area contributed by atoms with Crippen molar-refractivity contribution in [1.29, 1.82) is 0 Å². The van der Waals surface area contributed by atoms with E-state index in [2.05, 4.69) is 91.8 Å². The Bertz CT molecular complexity index is 1490. The Labute approximate surface area is 251 Å². The van der Waals surface area contributed by atoms with Crippen LogP contribution in [0.25, 0.3) is 10.8 Å². The lowest BCUT2D eigenvalue weighted by Crippen LogP contribution is -1.99. The van der Waals surface area contributed by atoms with E-state index < -0.39 is 0 Å². The largest absolute Gasteiger partial charge is 0.507 e. The Morgan fingerprint density at radius 2 is 0.976 bits per heavy atom. The van der Waals surface area contributed by atoms with Crippen LogP contribution in [0.1, 0.15) is 125 Å². The molecule has 4 nitrogen and oxygen atoms in total. The molecule has 4 aromatic carbocycles. The van der Waals surface area contributed by atoms with Crippen molar-refractivity contribution in [2.45, 2.75) is 91.9 Å². The van der Waals surface area contributed by atoms with Gasteiger partial charge in [0.05, 0.1) is 11.4 Å². The fraction of sp³-hybridized carbons (Fsp3) is 0.368. The second kappa shape index (κ2) is 13.4. The van der Waals surface area contributed by atoms with Gasteiger partial charge in [0.25, 0.3) is 0 Å². The van der Waals surface area contributed by atoms with Crippen molar-refractivity contribution in [1.82, 2.24) is 0 Å². The molecule has 2 N–H and O–H groups in total. The minimum Gasteiger partial charge on any atom is -0.507 e. The molecular weight excluding hydrogens is 516 g/mol. The number of fused-ring (bicyclic) bond motifs is 1. The Hall–Kier alpha value is -3.92. The summed E-state index contributed by atoms with van der Waals surface area (Å²) in [4.78, 5) is 9.78. The van der Waals surface area contributed by atoms with Gasteiger partial charge in [0.15, 0.2) is 0 Å². The maximum atomic E-state index is 11.2. The van der Waals surface area contributed by atoms with Gasteiger partial charge < -0.3 is 10.2 Å². The normalized spacial score (nSPS) is 13.7. The second-order valence-electron chi connectivity index (χ2n) is 12.2. The minimum absolute atomic E-state index is 0.191. The fourth-order valence-electron chi connectivity index (χ4n) is 5.23.